The molecule has 0 atom stereocenters. The molecule has 1 fully saturated rings. The number of aromatic nitrogens is 4. The molecule has 0 spiro atoms. The molecule has 0 unspecified atom stereocenters. The predicted molar refractivity (Wildman–Crippen MR) is 82.6 cm³/mol. The summed E-state index contributed by atoms with van der Waals surface area (Å²) < 4.78 is 0. The number of piperazine rings is 1. The lowest BCUT2D eigenvalue weighted by atomic mass is 10.2. The van der Waals surface area contributed by atoms with Gasteiger partial charge in [0.05, 0.1) is 18.1 Å². The fraction of sp³-hybridized carbons (Fsp3) is 0.467. The van der Waals surface area contributed by atoms with Gasteiger partial charge in [-0.15, -0.1) is 0 Å². The summed E-state index contributed by atoms with van der Waals surface area (Å²) in [6, 6.07) is 4.08. The minimum absolute atomic E-state index is 0.872. The Morgan fingerprint density at radius 2 is 1.81 bits per heavy atom. The van der Waals surface area contributed by atoms with Crippen LogP contribution in [0, 0.1) is 6.92 Å². The van der Waals surface area contributed by atoms with E-state index >= 15 is 0 Å². The Hall–Kier alpha value is -2.24. The van der Waals surface area contributed by atoms with Crippen LogP contribution in [0.3, 0.4) is 0 Å². The summed E-state index contributed by atoms with van der Waals surface area (Å²) in [7, 11) is 0. The van der Waals surface area contributed by atoms with Crippen LogP contribution < -0.4 is 9.80 Å². The average Bonchev–Trinajstić information content (AvgIpc) is 2.55. The second-order valence-electron chi connectivity index (χ2n) is 5.21. The molecule has 110 valence electrons. The van der Waals surface area contributed by atoms with Crippen LogP contribution in [0.4, 0.5) is 11.5 Å². The molecular weight excluding hydrogens is 264 g/mol. The van der Waals surface area contributed by atoms with Crippen molar-refractivity contribution in [1.29, 1.82) is 0 Å². The van der Waals surface area contributed by atoms with E-state index in [1.807, 2.05) is 19.2 Å². The molecule has 1 aliphatic rings. The van der Waals surface area contributed by atoms with Crippen LogP contribution >= 0.6 is 0 Å². The Labute approximate surface area is 124 Å². The van der Waals surface area contributed by atoms with Crippen molar-refractivity contribution in [3.8, 4) is 0 Å². The summed E-state index contributed by atoms with van der Waals surface area (Å²) in [5.41, 5.74) is 2.18. The molecule has 0 amide bonds. The maximum Gasteiger partial charge on any atom is 0.132 e. The summed E-state index contributed by atoms with van der Waals surface area (Å²) in [4.78, 5) is 13.8. The monoisotopic (exact) mass is 284 g/mol. The summed E-state index contributed by atoms with van der Waals surface area (Å²) >= 11 is 0. The molecule has 21 heavy (non-hydrogen) atoms. The number of hydrogen-bond acceptors (Lipinski definition) is 6. The molecule has 6 nitrogen and oxygen atoms in total. The molecule has 3 rings (SSSR count). The Balaban J connectivity index is 1.70. The fourth-order valence-electron chi connectivity index (χ4n) is 2.60. The van der Waals surface area contributed by atoms with Crippen LogP contribution in [0.5, 0.6) is 0 Å². The number of anilines is 2. The third-order valence-electron chi connectivity index (χ3n) is 3.74. The van der Waals surface area contributed by atoms with Crippen LogP contribution in [0.25, 0.3) is 0 Å². The minimum atomic E-state index is 0.872. The molecule has 6 heteroatoms. The maximum atomic E-state index is 4.65. The molecule has 0 bridgehead atoms. The van der Waals surface area contributed by atoms with Gasteiger partial charge < -0.3 is 9.80 Å². The Morgan fingerprint density at radius 3 is 2.48 bits per heavy atom. The number of nitrogens with zero attached hydrogens (tertiary/aromatic N) is 6. The van der Waals surface area contributed by atoms with Crippen molar-refractivity contribution in [3.05, 3.63) is 36.0 Å². The molecule has 0 saturated carbocycles. The predicted octanol–water partition coefficient (Wildman–Crippen LogP) is 1.46. The SMILES string of the molecule is CCc1nc(C)cc(N2CCN(c3ccnnc3)CC2)n1. The zero-order chi connectivity index (χ0) is 14.7. The second kappa shape index (κ2) is 6.03. The standard InChI is InChI=1S/C15H20N6/c1-3-14-18-12(2)10-15(19-14)21-8-6-20(7-9-21)13-4-5-16-17-11-13/h4-5,10-11H,3,6-9H2,1-2H3. The molecule has 2 aromatic heterocycles. The van der Waals surface area contributed by atoms with Crippen LogP contribution in [0.2, 0.25) is 0 Å². The van der Waals surface area contributed by atoms with E-state index in [0.717, 1.165) is 55.6 Å². The van der Waals surface area contributed by atoms with Crippen molar-refractivity contribution in [3.63, 3.8) is 0 Å². The van der Waals surface area contributed by atoms with Gasteiger partial charge in [-0.3, -0.25) is 0 Å². The van der Waals surface area contributed by atoms with Gasteiger partial charge in [-0.05, 0) is 13.0 Å². The van der Waals surface area contributed by atoms with Crippen LogP contribution in [0.1, 0.15) is 18.4 Å². The van der Waals surface area contributed by atoms with E-state index in [0.29, 0.717) is 0 Å². The molecule has 1 aliphatic heterocycles. The third-order valence-corrected chi connectivity index (χ3v) is 3.74. The average molecular weight is 284 g/mol. The van der Waals surface area contributed by atoms with Crippen molar-refractivity contribution in [2.45, 2.75) is 20.3 Å². The van der Waals surface area contributed by atoms with Gasteiger partial charge in [0.1, 0.15) is 11.6 Å². The third kappa shape index (κ3) is 3.09. The highest BCUT2D eigenvalue weighted by Gasteiger charge is 2.19. The normalized spacial score (nSPS) is 15.3. The van der Waals surface area contributed by atoms with Gasteiger partial charge in [0.25, 0.3) is 0 Å². The van der Waals surface area contributed by atoms with Gasteiger partial charge in [-0.1, -0.05) is 6.92 Å². The van der Waals surface area contributed by atoms with Crippen molar-refractivity contribution in [2.75, 3.05) is 36.0 Å². The van der Waals surface area contributed by atoms with Crippen molar-refractivity contribution >= 4 is 11.5 Å². The lowest BCUT2D eigenvalue weighted by Crippen LogP contribution is -2.47. The van der Waals surface area contributed by atoms with E-state index < -0.39 is 0 Å². The van der Waals surface area contributed by atoms with Crippen LogP contribution in [0.15, 0.2) is 24.5 Å². The first-order valence-corrected chi connectivity index (χ1v) is 7.37. The Kier molecular flexibility index (Phi) is 3.94. The van der Waals surface area contributed by atoms with Gasteiger partial charge in [0.2, 0.25) is 0 Å². The molecule has 0 aromatic carbocycles. The van der Waals surface area contributed by atoms with Gasteiger partial charge >= 0.3 is 0 Å². The topological polar surface area (TPSA) is 58.0 Å². The molecule has 0 radical (unpaired) electrons. The summed E-state index contributed by atoms with van der Waals surface area (Å²) in [6.07, 6.45) is 4.43. The minimum Gasteiger partial charge on any atom is -0.367 e. The van der Waals surface area contributed by atoms with E-state index in [1.165, 1.54) is 0 Å². The smallest absolute Gasteiger partial charge is 0.132 e. The summed E-state index contributed by atoms with van der Waals surface area (Å²) in [5, 5.41) is 7.77. The van der Waals surface area contributed by atoms with Gasteiger partial charge in [0, 0.05) is 44.4 Å². The van der Waals surface area contributed by atoms with Crippen molar-refractivity contribution < 1.29 is 0 Å². The molecule has 0 N–H and O–H groups in total. The van der Waals surface area contributed by atoms with Crippen LogP contribution in [-0.2, 0) is 6.42 Å². The zero-order valence-electron chi connectivity index (χ0n) is 12.5. The summed E-state index contributed by atoms with van der Waals surface area (Å²) in [5.74, 6) is 1.97. The summed E-state index contributed by atoms with van der Waals surface area (Å²) in [6.45, 7) is 7.98. The first kappa shape index (κ1) is 13.7. The lowest BCUT2D eigenvalue weighted by molar-refractivity contribution is 0.642. The lowest BCUT2D eigenvalue weighted by Gasteiger charge is -2.36. The van der Waals surface area contributed by atoms with E-state index in [4.69, 9.17) is 0 Å². The number of aryl methyl sites for hydroxylation is 2. The van der Waals surface area contributed by atoms with Gasteiger partial charge in [-0.25, -0.2) is 9.97 Å². The maximum absolute atomic E-state index is 4.65. The van der Waals surface area contributed by atoms with E-state index in [-0.39, 0.29) is 0 Å². The second-order valence-corrected chi connectivity index (χ2v) is 5.21. The molecule has 1 saturated heterocycles. The molecular formula is C15H20N6. The Morgan fingerprint density at radius 1 is 1.05 bits per heavy atom. The van der Waals surface area contributed by atoms with E-state index in [2.05, 4.69) is 43.0 Å². The van der Waals surface area contributed by atoms with Gasteiger partial charge in [0.15, 0.2) is 0 Å². The first-order chi connectivity index (χ1) is 10.3. The molecule has 3 heterocycles. The fourth-order valence-corrected chi connectivity index (χ4v) is 2.60. The number of hydrogen-bond donors (Lipinski definition) is 0. The van der Waals surface area contributed by atoms with Crippen LogP contribution in [-0.4, -0.2) is 46.3 Å². The largest absolute Gasteiger partial charge is 0.367 e. The number of rotatable bonds is 3. The molecule has 0 aliphatic carbocycles. The van der Waals surface area contributed by atoms with E-state index in [1.54, 1.807) is 6.20 Å². The van der Waals surface area contributed by atoms with Crippen molar-refractivity contribution in [1.82, 2.24) is 20.2 Å². The first-order valence-electron chi connectivity index (χ1n) is 7.37. The Bertz CT molecular complexity index is 592. The van der Waals surface area contributed by atoms with Crippen molar-refractivity contribution in [2.24, 2.45) is 0 Å². The quantitative estimate of drug-likeness (QED) is 0.850. The molecule has 2 aromatic rings. The zero-order valence-corrected chi connectivity index (χ0v) is 12.5. The highest BCUT2D eigenvalue weighted by atomic mass is 15.3. The highest BCUT2D eigenvalue weighted by molar-refractivity contribution is 5.47. The van der Waals surface area contributed by atoms with Gasteiger partial charge in [-0.2, -0.15) is 10.2 Å². The highest BCUT2D eigenvalue weighted by Crippen LogP contribution is 2.18. The van der Waals surface area contributed by atoms with E-state index in [9.17, 15) is 0 Å².